The molecule has 0 aliphatic rings. The standard InChI is InChI=1S/C10H12INO2/c1-7-3-4-9(14-2)8(5-7)12-10(13)6-11/h3-5H,6H2,1-2H3,(H,12,13). The molecule has 0 atom stereocenters. The Balaban J connectivity index is 2.93. The number of alkyl halides is 1. The van der Waals surface area contributed by atoms with E-state index in [1.807, 2.05) is 47.7 Å². The predicted octanol–water partition coefficient (Wildman–Crippen LogP) is 2.38. The van der Waals surface area contributed by atoms with Crippen LogP contribution in [0.2, 0.25) is 0 Å². The van der Waals surface area contributed by atoms with Crippen molar-refractivity contribution in [3.63, 3.8) is 0 Å². The van der Waals surface area contributed by atoms with Crippen LogP contribution in [0, 0.1) is 6.92 Å². The van der Waals surface area contributed by atoms with Gasteiger partial charge in [-0.3, -0.25) is 4.79 Å². The molecule has 76 valence electrons. The van der Waals surface area contributed by atoms with Crippen LogP contribution < -0.4 is 10.1 Å². The fourth-order valence-electron chi connectivity index (χ4n) is 1.10. The van der Waals surface area contributed by atoms with E-state index in [0.29, 0.717) is 10.2 Å². The van der Waals surface area contributed by atoms with E-state index in [4.69, 9.17) is 4.74 Å². The summed E-state index contributed by atoms with van der Waals surface area (Å²) < 4.78 is 5.57. The number of ether oxygens (including phenoxy) is 1. The normalized spacial score (nSPS) is 9.64. The van der Waals surface area contributed by atoms with E-state index < -0.39 is 0 Å². The Kier molecular flexibility index (Phi) is 4.19. The quantitative estimate of drug-likeness (QED) is 0.688. The molecule has 0 bridgehead atoms. The summed E-state index contributed by atoms with van der Waals surface area (Å²) in [5.74, 6) is 0.670. The van der Waals surface area contributed by atoms with Crippen LogP contribution in [0.15, 0.2) is 18.2 Å². The number of benzene rings is 1. The van der Waals surface area contributed by atoms with E-state index in [2.05, 4.69) is 5.32 Å². The molecule has 3 nitrogen and oxygen atoms in total. The molecule has 0 aromatic heterocycles. The number of anilines is 1. The summed E-state index contributed by atoms with van der Waals surface area (Å²) in [5.41, 5.74) is 1.82. The molecule has 4 heteroatoms. The fraction of sp³-hybridized carbons (Fsp3) is 0.300. The van der Waals surface area contributed by atoms with Gasteiger partial charge in [-0.15, -0.1) is 0 Å². The van der Waals surface area contributed by atoms with Crippen molar-refractivity contribution in [3.8, 4) is 5.75 Å². The SMILES string of the molecule is COc1ccc(C)cc1NC(=O)CI. The Morgan fingerprint density at radius 1 is 1.57 bits per heavy atom. The number of methoxy groups -OCH3 is 1. The lowest BCUT2D eigenvalue weighted by Gasteiger charge is -2.09. The monoisotopic (exact) mass is 305 g/mol. The van der Waals surface area contributed by atoms with Gasteiger partial charge in [0, 0.05) is 0 Å². The van der Waals surface area contributed by atoms with Crippen LogP contribution in [0.1, 0.15) is 5.56 Å². The first-order valence-electron chi connectivity index (χ1n) is 4.18. The summed E-state index contributed by atoms with van der Waals surface area (Å²) in [6.07, 6.45) is 0. The van der Waals surface area contributed by atoms with Gasteiger partial charge >= 0.3 is 0 Å². The Morgan fingerprint density at radius 2 is 2.29 bits per heavy atom. The molecule has 1 amide bonds. The number of hydrogen-bond donors (Lipinski definition) is 1. The molecule has 1 aromatic carbocycles. The molecule has 0 aliphatic heterocycles. The van der Waals surface area contributed by atoms with Gasteiger partial charge in [0.1, 0.15) is 5.75 Å². The molecule has 1 aromatic rings. The van der Waals surface area contributed by atoms with Crippen molar-refractivity contribution in [1.29, 1.82) is 0 Å². The third-order valence-corrected chi connectivity index (χ3v) is 2.44. The number of amides is 1. The van der Waals surface area contributed by atoms with Crippen LogP contribution in [0.3, 0.4) is 0 Å². The van der Waals surface area contributed by atoms with Crippen molar-refractivity contribution in [2.45, 2.75) is 6.92 Å². The summed E-state index contributed by atoms with van der Waals surface area (Å²) in [5, 5.41) is 2.78. The maximum atomic E-state index is 11.2. The first kappa shape index (κ1) is 11.3. The van der Waals surface area contributed by atoms with Crippen LogP contribution in [-0.2, 0) is 4.79 Å². The third kappa shape index (κ3) is 2.87. The van der Waals surface area contributed by atoms with Gasteiger partial charge < -0.3 is 10.1 Å². The molecule has 0 saturated carbocycles. The molecule has 0 aliphatic carbocycles. The molecule has 0 radical (unpaired) electrons. The second-order valence-corrected chi connectivity index (χ2v) is 3.65. The molecule has 14 heavy (non-hydrogen) atoms. The van der Waals surface area contributed by atoms with Crippen molar-refractivity contribution in [3.05, 3.63) is 23.8 Å². The first-order chi connectivity index (χ1) is 6.67. The lowest BCUT2D eigenvalue weighted by atomic mass is 10.2. The number of aryl methyl sites for hydroxylation is 1. The summed E-state index contributed by atoms with van der Waals surface area (Å²) >= 11 is 2.02. The number of halogens is 1. The van der Waals surface area contributed by atoms with Crippen LogP contribution in [0.4, 0.5) is 5.69 Å². The molecule has 0 spiro atoms. The fourth-order valence-corrected chi connectivity index (χ4v) is 1.29. The van der Waals surface area contributed by atoms with E-state index in [1.54, 1.807) is 7.11 Å². The highest BCUT2D eigenvalue weighted by Gasteiger charge is 2.05. The molecular weight excluding hydrogens is 293 g/mol. The Morgan fingerprint density at radius 3 is 2.86 bits per heavy atom. The highest BCUT2D eigenvalue weighted by Crippen LogP contribution is 2.25. The minimum absolute atomic E-state index is 0.0190. The zero-order chi connectivity index (χ0) is 10.6. The Hall–Kier alpha value is -0.780. The van der Waals surface area contributed by atoms with Gasteiger partial charge in [0.25, 0.3) is 0 Å². The maximum Gasteiger partial charge on any atom is 0.234 e. The summed E-state index contributed by atoms with van der Waals surface area (Å²) in [7, 11) is 1.59. The van der Waals surface area contributed by atoms with Crippen molar-refractivity contribution in [2.75, 3.05) is 16.9 Å². The van der Waals surface area contributed by atoms with Crippen LogP contribution >= 0.6 is 22.6 Å². The highest BCUT2D eigenvalue weighted by molar-refractivity contribution is 14.1. The van der Waals surface area contributed by atoms with Crippen LogP contribution in [0.5, 0.6) is 5.75 Å². The minimum atomic E-state index is -0.0190. The van der Waals surface area contributed by atoms with Crippen molar-refractivity contribution >= 4 is 34.2 Å². The number of rotatable bonds is 3. The summed E-state index contributed by atoms with van der Waals surface area (Å²) in [6.45, 7) is 1.97. The number of hydrogen-bond acceptors (Lipinski definition) is 2. The molecule has 0 unspecified atom stereocenters. The molecular formula is C10H12INO2. The first-order valence-corrected chi connectivity index (χ1v) is 5.70. The molecule has 0 heterocycles. The largest absolute Gasteiger partial charge is 0.495 e. The van der Waals surface area contributed by atoms with E-state index in [9.17, 15) is 4.79 Å². The van der Waals surface area contributed by atoms with Crippen LogP contribution in [0.25, 0.3) is 0 Å². The Labute approximate surface area is 97.0 Å². The van der Waals surface area contributed by atoms with E-state index in [0.717, 1.165) is 11.3 Å². The smallest absolute Gasteiger partial charge is 0.234 e. The second kappa shape index (κ2) is 5.19. The Bertz CT molecular complexity index is 339. The summed E-state index contributed by atoms with van der Waals surface area (Å²) in [6, 6.07) is 5.68. The molecule has 1 rings (SSSR count). The second-order valence-electron chi connectivity index (χ2n) is 2.89. The van der Waals surface area contributed by atoms with Crippen molar-refractivity contribution < 1.29 is 9.53 Å². The topological polar surface area (TPSA) is 38.3 Å². The average molecular weight is 305 g/mol. The highest BCUT2D eigenvalue weighted by atomic mass is 127. The van der Waals surface area contributed by atoms with Gasteiger partial charge in [-0.25, -0.2) is 0 Å². The zero-order valence-electron chi connectivity index (χ0n) is 8.13. The van der Waals surface area contributed by atoms with E-state index in [1.165, 1.54) is 0 Å². The van der Waals surface area contributed by atoms with Crippen LogP contribution in [-0.4, -0.2) is 17.4 Å². The minimum Gasteiger partial charge on any atom is -0.495 e. The molecule has 0 saturated heterocycles. The van der Waals surface area contributed by atoms with E-state index in [-0.39, 0.29) is 5.91 Å². The van der Waals surface area contributed by atoms with Crippen molar-refractivity contribution in [1.82, 2.24) is 0 Å². The van der Waals surface area contributed by atoms with E-state index >= 15 is 0 Å². The van der Waals surface area contributed by atoms with Gasteiger partial charge in [0.15, 0.2) is 0 Å². The van der Waals surface area contributed by atoms with Gasteiger partial charge in [-0.2, -0.15) is 0 Å². The number of carbonyl (C=O) groups excluding carboxylic acids is 1. The van der Waals surface area contributed by atoms with Gasteiger partial charge in [-0.1, -0.05) is 28.7 Å². The van der Waals surface area contributed by atoms with Crippen molar-refractivity contribution in [2.24, 2.45) is 0 Å². The summed E-state index contributed by atoms with van der Waals surface area (Å²) in [4.78, 5) is 11.2. The molecule has 1 N–H and O–H groups in total. The average Bonchev–Trinajstić information content (AvgIpc) is 2.18. The van der Waals surface area contributed by atoms with Gasteiger partial charge in [-0.05, 0) is 24.6 Å². The molecule has 0 fully saturated rings. The maximum absolute atomic E-state index is 11.2. The van der Waals surface area contributed by atoms with Gasteiger partial charge in [0.05, 0.1) is 17.2 Å². The predicted molar refractivity (Wildman–Crippen MR) is 65.2 cm³/mol. The van der Waals surface area contributed by atoms with Gasteiger partial charge in [0.2, 0.25) is 5.91 Å². The lowest BCUT2D eigenvalue weighted by Crippen LogP contribution is -2.13. The number of carbonyl (C=O) groups is 1. The third-order valence-electron chi connectivity index (χ3n) is 1.75. The zero-order valence-corrected chi connectivity index (χ0v) is 10.3. The number of nitrogens with one attached hydrogen (secondary N) is 1. The lowest BCUT2D eigenvalue weighted by molar-refractivity contribution is -0.113.